The van der Waals surface area contributed by atoms with E-state index in [0.29, 0.717) is 17.4 Å². The van der Waals surface area contributed by atoms with Gasteiger partial charge < -0.3 is 27.9 Å². The zero-order valence-electron chi connectivity index (χ0n) is 40.4. The van der Waals surface area contributed by atoms with Gasteiger partial charge in [-0.05, 0) is 12.8 Å². The van der Waals surface area contributed by atoms with E-state index in [-0.39, 0.29) is 32.0 Å². The summed E-state index contributed by atoms with van der Waals surface area (Å²) in [5.41, 5.74) is 0. The molecule has 0 amide bonds. The molecule has 60 heavy (non-hydrogen) atoms. The third-order valence-electron chi connectivity index (χ3n) is 11.6. The molecule has 0 aliphatic rings. The number of hydrogen-bond acceptors (Lipinski definition) is 8. The highest BCUT2D eigenvalue weighted by Gasteiger charge is 2.21. The number of likely N-dealkylation sites (N-methyl/N-ethyl adjacent to an activating group) is 1. The summed E-state index contributed by atoms with van der Waals surface area (Å²) in [7, 11) is 1.19. The summed E-state index contributed by atoms with van der Waals surface area (Å²) in [6.07, 6.45) is 45.6. The van der Waals surface area contributed by atoms with Gasteiger partial charge in [0.15, 0.2) is 6.10 Å². The third-order valence-corrected chi connectivity index (χ3v) is 12.6. The lowest BCUT2D eigenvalue weighted by Crippen LogP contribution is -2.37. The van der Waals surface area contributed by atoms with Crippen LogP contribution in [0.25, 0.3) is 0 Å². The van der Waals surface area contributed by atoms with Crippen molar-refractivity contribution in [3.8, 4) is 0 Å². The van der Waals surface area contributed by atoms with Gasteiger partial charge in [-0.25, -0.2) is 0 Å². The zero-order valence-corrected chi connectivity index (χ0v) is 41.3. The second-order valence-electron chi connectivity index (χ2n) is 18.9. The molecule has 0 aliphatic heterocycles. The monoisotopic (exact) mass is 874 g/mol. The summed E-state index contributed by atoms with van der Waals surface area (Å²) in [6, 6.07) is 0. The molecule has 0 aromatic rings. The highest BCUT2D eigenvalue weighted by Crippen LogP contribution is 2.38. The zero-order chi connectivity index (χ0) is 44.3. The summed E-state index contributed by atoms with van der Waals surface area (Å²) < 4.78 is 34.0. The third kappa shape index (κ3) is 46.5. The van der Waals surface area contributed by atoms with E-state index in [9.17, 15) is 19.0 Å². The van der Waals surface area contributed by atoms with Crippen LogP contribution in [0.3, 0.4) is 0 Å². The molecule has 1 unspecified atom stereocenters. The van der Waals surface area contributed by atoms with E-state index >= 15 is 0 Å². The van der Waals surface area contributed by atoms with E-state index in [1.165, 1.54) is 193 Å². The van der Waals surface area contributed by atoms with Gasteiger partial charge in [0, 0.05) is 12.8 Å². The number of quaternary nitrogens is 1. The molecule has 0 saturated heterocycles. The first-order chi connectivity index (χ1) is 29.0. The SMILES string of the molecule is CCCCCCCCCCCCCCCCCCCCCCCCCC(=O)O[C@H](COC(=O)CCCCCCCCCCCCCCC)COP(=O)([O-])OCC[N+](C)(C)C. The first-order valence-corrected chi connectivity index (χ1v) is 27.2. The lowest BCUT2D eigenvalue weighted by Gasteiger charge is -2.28. The van der Waals surface area contributed by atoms with E-state index in [2.05, 4.69) is 13.8 Å². The number of phosphoric acid groups is 1. The summed E-state index contributed by atoms with van der Waals surface area (Å²) >= 11 is 0. The van der Waals surface area contributed by atoms with Crippen LogP contribution in [0.2, 0.25) is 0 Å². The van der Waals surface area contributed by atoms with Gasteiger partial charge in [-0.15, -0.1) is 0 Å². The summed E-state index contributed by atoms with van der Waals surface area (Å²) in [6.45, 7) is 4.28. The Morgan fingerprint density at radius 3 is 1.07 bits per heavy atom. The molecular weight excluding hydrogens is 774 g/mol. The molecule has 0 aromatic heterocycles. The normalized spacial score (nSPS) is 13.4. The molecule has 0 N–H and O–H groups in total. The maximum Gasteiger partial charge on any atom is 0.306 e. The molecule has 0 fully saturated rings. The second kappa shape index (κ2) is 43.3. The van der Waals surface area contributed by atoms with Gasteiger partial charge in [-0.1, -0.05) is 232 Å². The predicted molar refractivity (Wildman–Crippen MR) is 250 cm³/mol. The maximum absolute atomic E-state index is 12.7. The molecule has 0 saturated carbocycles. The molecule has 2 atom stereocenters. The van der Waals surface area contributed by atoms with Crippen molar-refractivity contribution in [3.63, 3.8) is 0 Å². The Hall–Kier alpha value is -0.990. The highest BCUT2D eigenvalue weighted by molar-refractivity contribution is 7.45. The van der Waals surface area contributed by atoms with Crippen LogP contribution < -0.4 is 4.89 Å². The molecule has 0 radical (unpaired) electrons. The van der Waals surface area contributed by atoms with Crippen LogP contribution in [-0.2, 0) is 32.7 Å². The average Bonchev–Trinajstić information content (AvgIpc) is 3.20. The number of ether oxygens (including phenoxy) is 2. The molecule has 0 spiro atoms. The lowest BCUT2D eigenvalue weighted by atomic mass is 10.0. The molecule has 358 valence electrons. The standard InChI is InChI=1S/C50H100NO8P/c1-6-8-10-12-14-16-18-20-21-22-23-24-25-26-27-28-29-31-33-35-37-39-41-43-50(53)59-48(47-58-60(54,55)57-45-44-51(3,4)5)46-56-49(52)42-40-38-36-34-32-30-19-17-15-13-11-9-7-2/h48H,6-47H2,1-5H3/t48-/m1/s1. The molecule has 0 bridgehead atoms. The van der Waals surface area contributed by atoms with Gasteiger partial charge in [0.2, 0.25) is 0 Å². The van der Waals surface area contributed by atoms with Gasteiger partial charge in [0.25, 0.3) is 7.82 Å². The van der Waals surface area contributed by atoms with E-state index in [4.69, 9.17) is 18.5 Å². The number of hydrogen-bond donors (Lipinski definition) is 0. The quantitative estimate of drug-likeness (QED) is 0.0257. The van der Waals surface area contributed by atoms with Crippen LogP contribution >= 0.6 is 7.82 Å². The van der Waals surface area contributed by atoms with Crippen molar-refractivity contribution >= 4 is 19.8 Å². The second-order valence-corrected chi connectivity index (χ2v) is 20.3. The van der Waals surface area contributed by atoms with Crippen molar-refractivity contribution in [1.29, 1.82) is 0 Å². The molecule has 0 rings (SSSR count). The number of rotatable bonds is 48. The fraction of sp³-hybridized carbons (Fsp3) is 0.960. The minimum Gasteiger partial charge on any atom is -0.756 e. The Morgan fingerprint density at radius 1 is 0.450 bits per heavy atom. The fourth-order valence-corrected chi connectivity index (χ4v) is 8.33. The Morgan fingerprint density at radius 2 is 0.750 bits per heavy atom. The number of carbonyl (C=O) groups is 2. The maximum atomic E-state index is 12.7. The highest BCUT2D eigenvalue weighted by atomic mass is 31.2. The van der Waals surface area contributed by atoms with Gasteiger partial charge in [-0.2, -0.15) is 0 Å². The molecule has 0 aromatic carbocycles. The molecular formula is C50H100NO8P. The van der Waals surface area contributed by atoms with Gasteiger partial charge in [0.05, 0.1) is 27.7 Å². The number of phosphoric ester groups is 1. The Labute approximate surface area is 372 Å². The number of esters is 2. The van der Waals surface area contributed by atoms with Crippen LogP contribution in [0.4, 0.5) is 0 Å². The van der Waals surface area contributed by atoms with Crippen LogP contribution in [0.15, 0.2) is 0 Å². The summed E-state index contributed by atoms with van der Waals surface area (Å²) in [4.78, 5) is 37.6. The van der Waals surface area contributed by atoms with Crippen molar-refractivity contribution < 1.29 is 42.1 Å². The minimum absolute atomic E-state index is 0.0254. The van der Waals surface area contributed by atoms with E-state index < -0.39 is 26.5 Å². The predicted octanol–water partition coefficient (Wildman–Crippen LogP) is 14.5. The van der Waals surface area contributed by atoms with Gasteiger partial charge in [-0.3, -0.25) is 14.2 Å². The number of unbranched alkanes of at least 4 members (excludes halogenated alkanes) is 34. The van der Waals surface area contributed by atoms with Crippen LogP contribution in [0, 0.1) is 0 Å². The minimum atomic E-state index is -4.62. The summed E-state index contributed by atoms with van der Waals surface area (Å²) in [5.74, 6) is -0.815. The Bertz CT molecular complexity index is 990. The average molecular weight is 874 g/mol. The lowest BCUT2D eigenvalue weighted by molar-refractivity contribution is -0.870. The molecule has 10 heteroatoms. The first kappa shape index (κ1) is 59.0. The number of carbonyl (C=O) groups excluding carboxylic acids is 2. The summed E-state index contributed by atoms with van der Waals surface area (Å²) in [5, 5.41) is 0. The largest absolute Gasteiger partial charge is 0.756 e. The van der Waals surface area contributed by atoms with Crippen molar-refractivity contribution in [2.75, 3.05) is 47.5 Å². The smallest absolute Gasteiger partial charge is 0.306 e. The van der Waals surface area contributed by atoms with Gasteiger partial charge >= 0.3 is 11.9 Å². The van der Waals surface area contributed by atoms with Crippen LogP contribution in [0.5, 0.6) is 0 Å². The van der Waals surface area contributed by atoms with E-state index in [1.807, 2.05) is 21.1 Å². The fourth-order valence-electron chi connectivity index (χ4n) is 7.60. The van der Waals surface area contributed by atoms with Crippen LogP contribution in [-0.4, -0.2) is 70.0 Å². The molecule has 9 nitrogen and oxygen atoms in total. The van der Waals surface area contributed by atoms with E-state index in [0.717, 1.165) is 32.1 Å². The topological polar surface area (TPSA) is 111 Å². The Balaban J connectivity index is 4.14. The Kier molecular flexibility index (Phi) is 42.6. The van der Waals surface area contributed by atoms with E-state index in [1.54, 1.807) is 0 Å². The van der Waals surface area contributed by atoms with Gasteiger partial charge in [0.1, 0.15) is 19.8 Å². The van der Waals surface area contributed by atoms with Crippen LogP contribution in [0.1, 0.15) is 258 Å². The molecule has 0 heterocycles. The van der Waals surface area contributed by atoms with Crippen molar-refractivity contribution in [3.05, 3.63) is 0 Å². The van der Waals surface area contributed by atoms with Crippen molar-refractivity contribution in [2.45, 2.75) is 264 Å². The molecule has 0 aliphatic carbocycles. The van der Waals surface area contributed by atoms with Crippen molar-refractivity contribution in [1.82, 2.24) is 0 Å². The number of nitrogens with zero attached hydrogens (tertiary/aromatic N) is 1. The van der Waals surface area contributed by atoms with Crippen molar-refractivity contribution in [2.24, 2.45) is 0 Å². The first-order valence-electron chi connectivity index (χ1n) is 25.7.